The highest BCUT2D eigenvalue weighted by Gasteiger charge is 2.22. The van der Waals surface area contributed by atoms with Gasteiger partial charge in [-0.05, 0) is 69.7 Å². The molecule has 0 atom stereocenters. The highest BCUT2D eigenvalue weighted by Crippen LogP contribution is 2.36. The third kappa shape index (κ3) is 6.35. The van der Waals surface area contributed by atoms with Gasteiger partial charge in [0.15, 0.2) is 11.5 Å². The Hall–Kier alpha value is -2.29. The second kappa shape index (κ2) is 9.68. The topological polar surface area (TPSA) is 93.7 Å². The molecule has 0 radical (unpaired) electrons. The van der Waals surface area contributed by atoms with Crippen molar-refractivity contribution < 1.29 is 22.7 Å². The Kier molecular flexibility index (Phi) is 7.74. The van der Waals surface area contributed by atoms with Gasteiger partial charge in [-0.2, -0.15) is 0 Å². The van der Waals surface area contributed by atoms with Gasteiger partial charge in [0.05, 0.1) is 23.6 Å². The van der Waals surface area contributed by atoms with Crippen molar-refractivity contribution in [1.82, 2.24) is 10.0 Å². The predicted octanol–water partition coefficient (Wildman–Crippen LogP) is 3.75. The minimum Gasteiger partial charge on any atom is -0.493 e. The first-order chi connectivity index (χ1) is 14.0. The van der Waals surface area contributed by atoms with Gasteiger partial charge in [0.2, 0.25) is 10.0 Å². The lowest BCUT2D eigenvalue weighted by molar-refractivity contribution is 0.0950. The van der Waals surface area contributed by atoms with E-state index in [0.29, 0.717) is 28.7 Å². The van der Waals surface area contributed by atoms with Crippen LogP contribution in [0.1, 0.15) is 43.6 Å². The third-order valence-electron chi connectivity index (χ3n) is 3.90. The zero-order valence-corrected chi connectivity index (χ0v) is 19.3. The number of hydrogen-bond acceptors (Lipinski definition) is 5. The molecule has 2 N–H and O–H groups in total. The van der Waals surface area contributed by atoms with Crippen LogP contribution in [0, 0.1) is 0 Å². The average molecular weight is 455 g/mol. The Morgan fingerprint density at radius 3 is 2.30 bits per heavy atom. The molecule has 0 aliphatic rings. The van der Waals surface area contributed by atoms with E-state index < -0.39 is 15.6 Å². The van der Waals surface area contributed by atoms with E-state index in [0.717, 1.165) is 5.56 Å². The summed E-state index contributed by atoms with van der Waals surface area (Å²) in [6.45, 7) is 7.79. The van der Waals surface area contributed by atoms with E-state index >= 15 is 0 Å². The Morgan fingerprint density at radius 2 is 1.77 bits per heavy atom. The van der Waals surface area contributed by atoms with Gasteiger partial charge in [-0.15, -0.1) is 0 Å². The summed E-state index contributed by atoms with van der Waals surface area (Å²) in [5.41, 5.74) is 0.477. The summed E-state index contributed by atoms with van der Waals surface area (Å²) >= 11 is 6.25. The molecule has 30 heavy (non-hydrogen) atoms. The quantitative estimate of drug-likeness (QED) is 0.633. The van der Waals surface area contributed by atoms with Crippen molar-refractivity contribution in [1.29, 1.82) is 0 Å². The van der Waals surface area contributed by atoms with E-state index in [1.807, 2.05) is 6.92 Å². The van der Waals surface area contributed by atoms with Gasteiger partial charge < -0.3 is 14.8 Å². The summed E-state index contributed by atoms with van der Waals surface area (Å²) in [6, 6.07) is 9.18. The molecule has 0 saturated heterocycles. The average Bonchev–Trinajstić information content (AvgIpc) is 2.66. The number of hydrogen-bond donors (Lipinski definition) is 2. The van der Waals surface area contributed by atoms with Crippen LogP contribution < -0.4 is 19.5 Å². The Balaban J connectivity index is 2.10. The Morgan fingerprint density at radius 1 is 1.13 bits per heavy atom. The van der Waals surface area contributed by atoms with Crippen LogP contribution in [0.2, 0.25) is 5.02 Å². The standard InChI is InChI=1S/C21H27ClN2O5S/c1-6-29-19-17(22)11-14(12-18(19)28-5)13-23-20(25)15-7-9-16(10-8-15)30(26,27)24-21(2,3)4/h7-12,24H,6,13H2,1-5H3,(H,23,25). The molecule has 0 saturated carbocycles. The normalized spacial score (nSPS) is 11.8. The van der Waals surface area contributed by atoms with Crippen molar-refractivity contribution >= 4 is 27.5 Å². The van der Waals surface area contributed by atoms with Crippen molar-refractivity contribution in [3.63, 3.8) is 0 Å². The van der Waals surface area contributed by atoms with Crippen molar-refractivity contribution in [2.75, 3.05) is 13.7 Å². The molecule has 1 amide bonds. The molecule has 9 heteroatoms. The number of nitrogens with one attached hydrogen (secondary N) is 2. The number of methoxy groups -OCH3 is 1. The molecular formula is C21H27ClN2O5S. The van der Waals surface area contributed by atoms with Crippen LogP contribution in [0.25, 0.3) is 0 Å². The number of ether oxygens (including phenoxy) is 2. The molecule has 0 aromatic heterocycles. The fourth-order valence-electron chi connectivity index (χ4n) is 2.69. The molecule has 2 aromatic carbocycles. The monoisotopic (exact) mass is 454 g/mol. The van der Waals surface area contributed by atoms with Gasteiger partial charge in [-0.25, -0.2) is 13.1 Å². The molecule has 164 valence electrons. The Bertz CT molecular complexity index is 999. The van der Waals surface area contributed by atoms with Crippen LogP contribution in [-0.2, 0) is 16.6 Å². The maximum atomic E-state index is 12.5. The van der Waals surface area contributed by atoms with Crippen molar-refractivity contribution in [3.05, 3.63) is 52.5 Å². The van der Waals surface area contributed by atoms with Crippen LogP contribution >= 0.6 is 11.6 Å². The second-order valence-electron chi connectivity index (χ2n) is 7.60. The number of sulfonamides is 1. The van der Waals surface area contributed by atoms with Crippen LogP contribution in [-0.4, -0.2) is 33.6 Å². The molecule has 0 bridgehead atoms. The summed E-state index contributed by atoms with van der Waals surface area (Å²) < 4.78 is 38.1. The molecule has 2 rings (SSSR count). The number of carbonyl (C=O) groups is 1. The van der Waals surface area contributed by atoms with Gasteiger partial charge in [-0.3, -0.25) is 4.79 Å². The second-order valence-corrected chi connectivity index (χ2v) is 9.69. The first-order valence-electron chi connectivity index (χ1n) is 9.38. The lowest BCUT2D eigenvalue weighted by atomic mass is 10.1. The van der Waals surface area contributed by atoms with E-state index in [1.54, 1.807) is 32.9 Å². The Labute approximate surface area is 182 Å². The lowest BCUT2D eigenvalue weighted by Crippen LogP contribution is -2.40. The molecular weight excluding hydrogens is 428 g/mol. The lowest BCUT2D eigenvalue weighted by Gasteiger charge is -2.20. The van der Waals surface area contributed by atoms with Gasteiger partial charge >= 0.3 is 0 Å². The van der Waals surface area contributed by atoms with E-state index in [-0.39, 0.29) is 17.3 Å². The predicted molar refractivity (Wildman–Crippen MR) is 117 cm³/mol. The van der Waals surface area contributed by atoms with E-state index in [4.69, 9.17) is 21.1 Å². The first-order valence-corrected chi connectivity index (χ1v) is 11.2. The molecule has 2 aromatic rings. The molecule has 7 nitrogen and oxygen atoms in total. The highest BCUT2D eigenvalue weighted by molar-refractivity contribution is 7.89. The summed E-state index contributed by atoms with van der Waals surface area (Å²) in [4.78, 5) is 12.5. The maximum absolute atomic E-state index is 12.5. The maximum Gasteiger partial charge on any atom is 0.251 e. The summed E-state index contributed by atoms with van der Waals surface area (Å²) in [5, 5.41) is 3.17. The highest BCUT2D eigenvalue weighted by atomic mass is 35.5. The van der Waals surface area contributed by atoms with E-state index in [2.05, 4.69) is 10.0 Å². The molecule has 0 aliphatic carbocycles. The van der Waals surface area contributed by atoms with Crippen molar-refractivity contribution in [2.24, 2.45) is 0 Å². The zero-order chi connectivity index (χ0) is 22.5. The SMILES string of the molecule is CCOc1c(Cl)cc(CNC(=O)c2ccc(S(=O)(=O)NC(C)(C)C)cc2)cc1OC. The number of amides is 1. The number of carbonyl (C=O) groups excluding carboxylic acids is 1. The fraction of sp³-hybridized carbons (Fsp3) is 0.381. The molecule has 0 aliphatic heterocycles. The van der Waals surface area contributed by atoms with Gasteiger partial charge in [-0.1, -0.05) is 11.6 Å². The molecule has 0 unspecified atom stereocenters. The largest absolute Gasteiger partial charge is 0.493 e. The van der Waals surface area contributed by atoms with Crippen LogP contribution in [0.4, 0.5) is 0 Å². The van der Waals surface area contributed by atoms with Crippen LogP contribution in [0.3, 0.4) is 0 Å². The number of halogens is 1. The summed E-state index contributed by atoms with van der Waals surface area (Å²) in [5.74, 6) is 0.596. The van der Waals surface area contributed by atoms with Crippen molar-refractivity contribution in [3.8, 4) is 11.5 Å². The minimum atomic E-state index is -3.66. The summed E-state index contributed by atoms with van der Waals surface area (Å²) in [7, 11) is -2.14. The molecule has 0 spiro atoms. The third-order valence-corrected chi connectivity index (χ3v) is 5.95. The van der Waals surface area contributed by atoms with Gasteiger partial charge in [0.1, 0.15) is 0 Å². The first kappa shape index (κ1) is 24.0. The van der Waals surface area contributed by atoms with E-state index in [1.165, 1.54) is 31.4 Å². The van der Waals surface area contributed by atoms with Gasteiger partial charge in [0.25, 0.3) is 5.91 Å². The number of rotatable bonds is 8. The minimum absolute atomic E-state index is 0.0945. The van der Waals surface area contributed by atoms with E-state index in [9.17, 15) is 13.2 Å². The van der Waals surface area contributed by atoms with Gasteiger partial charge in [0, 0.05) is 17.6 Å². The number of benzene rings is 2. The smallest absolute Gasteiger partial charge is 0.251 e. The fourth-order valence-corrected chi connectivity index (χ4v) is 4.40. The summed E-state index contributed by atoms with van der Waals surface area (Å²) in [6.07, 6.45) is 0. The van der Waals surface area contributed by atoms with Crippen LogP contribution in [0.5, 0.6) is 11.5 Å². The molecule has 0 heterocycles. The van der Waals surface area contributed by atoms with Crippen molar-refractivity contribution in [2.45, 2.75) is 44.7 Å². The van der Waals surface area contributed by atoms with Crippen LogP contribution in [0.15, 0.2) is 41.3 Å². The molecule has 0 fully saturated rings. The zero-order valence-electron chi connectivity index (χ0n) is 17.7.